The number of hydrogen-bond donors (Lipinski definition) is 2. The quantitative estimate of drug-likeness (QED) is 0.610. The first kappa shape index (κ1) is 19.8. The van der Waals surface area contributed by atoms with Crippen LogP contribution in [0.3, 0.4) is 0 Å². The Hall–Kier alpha value is -2.53. The summed E-state index contributed by atoms with van der Waals surface area (Å²) in [5.41, 5.74) is 3.10. The third-order valence-electron chi connectivity index (χ3n) is 4.49. The number of benzene rings is 1. The number of carbonyl (C=O) groups is 1. The van der Waals surface area contributed by atoms with Gasteiger partial charge in [-0.25, -0.2) is 5.06 Å². The summed E-state index contributed by atoms with van der Waals surface area (Å²) in [5.74, 6) is -0.0299. The fourth-order valence-corrected chi connectivity index (χ4v) is 3.17. The number of hydroxylamine groups is 1. The van der Waals surface area contributed by atoms with E-state index in [9.17, 15) is 4.79 Å². The molecule has 2 rings (SSSR count). The maximum Gasteiger partial charge on any atom is 0.303 e. The molecule has 0 spiro atoms. The SMILES string of the molecule is C=CC1=C(C=C)C(NCCCCCCC(=O)O)c2ccccc2N(C)O1. The molecule has 0 aliphatic carbocycles. The van der Waals surface area contributed by atoms with Crippen molar-refractivity contribution >= 4 is 11.7 Å². The van der Waals surface area contributed by atoms with Crippen LogP contribution in [0.25, 0.3) is 0 Å². The summed E-state index contributed by atoms with van der Waals surface area (Å²) in [6, 6.07) is 8.11. The van der Waals surface area contributed by atoms with Gasteiger partial charge < -0.3 is 15.3 Å². The van der Waals surface area contributed by atoms with E-state index in [1.165, 1.54) is 0 Å². The smallest absolute Gasteiger partial charge is 0.303 e. The number of rotatable bonds is 10. The zero-order valence-electron chi connectivity index (χ0n) is 15.4. The minimum atomic E-state index is -0.722. The third-order valence-corrected chi connectivity index (χ3v) is 4.49. The second-order valence-electron chi connectivity index (χ2n) is 6.32. The van der Waals surface area contributed by atoms with Gasteiger partial charge in [0, 0.05) is 24.6 Å². The molecule has 26 heavy (non-hydrogen) atoms. The first-order valence-electron chi connectivity index (χ1n) is 9.03. The van der Waals surface area contributed by atoms with Gasteiger partial charge in [0.1, 0.15) is 0 Å². The summed E-state index contributed by atoms with van der Waals surface area (Å²) >= 11 is 0. The molecule has 1 aliphatic rings. The predicted molar refractivity (Wildman–Crippen MR) is 105 cm³/mol. The van der Waals surface area contributed by atoms with Crippen LogP contribution >= 0.6 is 0 Å². The summed E-state index contributed by atoms with van der Waals surface area (Å²) in [5, 5.41) is 14.0. The van der Waals surface area contributed by atoms with E-state index in [0.29, 0.717) is 5.76 Å². The Bertz CT molecular complexity index is 682. The molecule has 1 atom stereocenters. The second kappa shape index (κ2) is 9.82. The van der Waals surface area contributed by atoms with Crippen LogP contribution in [0.1, 0.15) is 43.7 Å². The van der Waals surface area contributed by atoms with Crippen LogP contribution < -0.4 is 10.4 Å². The van der Waals surface area contributed by atoms with Gasteiger partial charge in [-0.3, -0.25) is 4.79 Å². The molecule has 0 fully saturated rings. The number of carboxylic acids is 1. The zero-order valence-corrected chi connectivity index (χ0v) is 15.4. The zero-order chi connectivity index (χ0) is 18.9. The Kier molecular flexibility index (Phi) is 7.48. The molecule has 0 aromatic heterocycles. The normalized spacial score (nSPS) is 16.5. The van der Waals surface area contributed by atoms with Crippen molar-refractivity contribution in [2.24, 2.45) is 0 Å². The van der Waals surface area contributed by atoms with E-state index in [1.807, 2.05) is 31.3 Å². The average Bonchev–Trinajstić information content (AvgIpc) is 2.75. The van der Waals surface area contributed by atoms with Gasteiger partial charge in [-0.15, -0.1) is 0 Å². The van der Waals surface area contributed by atoms with Crippen LogP contribution in [0.2, 0.25) is 0 Å². The number of hydrogen-bond acceptors (Lipinski definition) is 4. The molecule has 1 aromatic rings. The van der Waals surface area contributed by atoms with Gasteiger partial charge in [-0.05, 0) is 31.5 Å². The molecule has 0 radical (unpaired) electrons. The fourth-order valence-electron chi connectivity index (χ4n) is 3.17. The highest BCUT2D eigenvalue weighted by atomic mass is 16.7. The fraction of sp³-hybridized carbons (Fsp3) is 0.381. The van der Waals surface area contributed by atoms with Gasteiger partial charge in [0.2, 0.25) is 0 Å². The number of anilines is 1. The van der Waals surface area contributed by atoms with E-state index in [2.05, 4.69) is 24.5 Å². The Balaban J connectivity index is 2.07. The van der Waals surface area contributed by atoms with Gasteiger partial charge in [-0.1, -0.05) is 50.3 Å². The number of aliphatic carboxylic acids is 1. The van der Waals surface area contributed by atoms with Crippen LogP contribution in [-0.2, 0) is 9.63 Å². The number of nitrogens with one attached hydrogen (secondary N) is 1. The van der Waals surface area contributed by atoms with Crippen molar-refractivity contribution < 1.29 is 14.7 Å². The standard InChI is InChI=1S/C21H28N2O3/c1-4-16-19(5-2)26-23(3)18-13-10-9-12-17(18)21(16)22-15-11-7-6-8-14-20(24)25/h4-5,9-10,12-13,21-22H,1-2,6-8,11,14-15H2,3H3,(H,24,25). The molecule has 0 amide bonds. The molecular weight excluding hydrogens is 328 g/mol. The number of unbranched alkanes of at least 4 members (excludes halogenated alkanes) is 3. The highest BCUT2D eigenvalue weighted by molar-refractivity contribution is 5.66. The first-order valence-corrected chi connectivity index (χ1v) is 9.03. The summed E-state index contributed by atoms with van der Waals surface area (Å²) in [6.07, 6.45) is 7.44. The molecule has 1 aliphatic heterocycles. The predicted octanol–water partition coefficient (Wildman–Crippen LogP) is 4.36. The molecule has 5 nitrogen and oxygen atoms in total. The molecule has 1 unspecified atom stereocenters. The first-order chi connectivity index (χ1) is 12.6. The number of fused-ring (bicyclic) bond motifs is 1. The van der Waals surface area contributed by atoms with Gasteiger partial charge in [0.25, 0.3) is 0 Å². The molecule has 1 aromatic carbocycles. The Labute approximate surface area is 155 Å². The van der Waals surface area contributed by atoms with E-state index in [1.54, 1.807) is 11.1 Å². The molecule has 1 heterocycles. The van der Waals surface area contributed by atoms with Gasteiger partial charge in [0.15, 0.2) is 5.76 Å². The van der Waals surface area contributed by atoms with Crippen molar-refractivity contribution in [2.75, 3.05) is 18.7 Å². The lowest BCUT2D eigenvalue weighted by Gasteiger charge is -2.22. The van der Waals surface area contributed by atoms with Crippen LogP contribution in [0.15, 0.2) is 60.9 Å². The monoisotopic (exact) mass is 356 g/mol. The second-order valence-corrected chi connectivity index (χ2v) is 6.32. The lowest BCUT2D eigenvalue weighted by atomic mass is 9.95. The molecule has 2 N–H and O–H groups in total. The van der Waals surface area contributed by atoms with E-state index >= 15 is 0 Å². The molecule has 0 bridgehead atoms. The molecular formula is C21H28N2O3. The summed E-state index contributed by atoms with van der Waals surface area (Å²) < 4.78 is 0. The van der Waals surface area contributed by atoms with Gasteiger partial charge in [0.05, 0.1) is 11.7 Å². The lowest BCUT2D eigenvalue weighted by molar-refractivity contribution is -0.137. The third kappa shape index (κ3) is 4.99. The number of carboxylic acid groups (broad SMARTS) is 1. The van der Waals surface area contributed by atoms with E-state index in [0.717, 1.165) is 49.1 Å². The van der Waals surface area contributed by atoms with Crippen LogP contribution in [0.4, 0.5) is 5.69 Å². The van der Waals surface area contributed by atoms with Crippen LogP contribution in [0, 0.1) is 0 Å². The topological polar surface area (TPSA) is 61.8 Å². The Morgan fingerprint density at radius 1 is 1.23 bits per heavy atom. The molecule has 0 saturated carbocycles. The molecule has 5 heteroatoms. The number of nitrogens with zero attached hydrogens (tertiary/aromatic N) is 1. The number of allylic oxidation sites excluding steroid dienone is 1. The minimum absolute atomic E-state index is 0.0272. The van der Waals surface area contributed by atoms with Crippen molar-refractivity contribution in [1.29, 1.82) is 0 Å². The van der Waals surface area contributed by atoms with Crippen LogP contribution in [-0.4, -0.2) is 24.7 Å². The van der Waals surface area contributed by atoms with E-state index in [4.69, 9.17) is 9.94 Å². The van der Waals surface area contributed by atoms with E-state index < -0.39 is 5.97 Å². The summed E-state index contributed by atoms with van der Waals surface area (Å²) in [6.45, 7) is 8.66. The minimum Gasteiger partial charge on any atom is -0.481 e. The van der Waals surface area contributed by atoms with Crippen molar-refractivity contribution in [3.63, 3.8) is 0 Å². The Morgan fingerprint density at radius 3 is 2.65 bits per heavy atom. The number of para-hydroxylation sites is 1. The van der Waals surface area contributed by atoms with Crippen molar-refractivity contribution in [3.05, 3.63) is 66.5 Å². The average molecular weight is 356 g/mol. The maximum atomic E-state index is 10.5. The molecule has 140 valence electrons. The Morgan fingerprint density at radius 2 is 1.96 bits per heavy atom. The van der Waals surface area contributed by atoms with Crippen molar-refractivity contribution in [1.82, 2.24) is 5.32 Å². The largest absolute Gasteiger partial charge is 0.481 e. The van der Waals surface area contributed by atoms with Crippen molar-refractivity contribution in [2.45, 2.75) is 38.1 Å². The summed E-state index contributed by atoms with van der Waals surface area (Å²) in [4.78, 5) is 16.5. The molecule has 0 saturated heterocycles. The maximum absolute atomic E-state index is 10.5. The van der Waals surface area contributed by atoms with Crippen molar-refractivity contribution in [3.8, 4) is 0 Å². The van der Waals surface area contributed by atoms with Gasteiger partial charge >= 0.3 is 5.97 Å². The highest BCUT2D eigenvalue weighted by Crippen LogP contribution is 2.36. The lowest BCUT2D eigenvalue weighted by Crippen LogP contribution is -2.24. The van der Waals surface area contributed by atoms with Gasteiger partial charge in [-0.2, -0.15) is 0 Å². The van der Waals surface area contributed by atoms with E-state index in [-0.39, 0.29) is 12.5 Å². The van der Waals surface area contributed by atoms with Crippen LogP contribution in [0.5, 0.6) is 0 Å². The summed E-state index contributed by atoms with van der Waals surface area (Å²) in [7, 11) is 1.88. The highest BCUT2D eigenvalue weighted by Gasteiger charge is 2.26.